The van der Waals surface area contributed by atoms with Gasteiger partial charge in [-0.3, -0.25) is 4.79 Å². The molecule has 0 saturated carbocycles. The number of carbonyl (C=O) groups is 1. The van der Waals surface area contributed by atoms with Crippen molar-refractivity contribution < 1.29 is 14.3 Å². The van der Waals surface area contributed by atoms with Crippen LogP contribution in [0.3, 0.4) is 0 Å². The van der Waals surface area contributed by atoms with Crippen LogP contribution in [0.25, 0.3) is 0 Å². The molecule has 21 heavy (non-hydrogen) atoms. The zero-order chi connectivity index (χ0) is 15.2. The Kier molecular flexibility index (Phi) is 4.93. The van der Waals surface area contributed by atoms with Gasteiger partial charge in [-0.1, -0.05) is 43.3 Å². The molecule has 4 heteroatoms. The van der Waals surface area contributed by atoms with Crippen molar-refractivity contribution in [2.45, 2.75) is 19.4 Å². The van der Waals surface area contributed by atoms with Crippen molar-refractivity contribution in [3.63, 3.8) is 0 Å². The number of carboxylic acid groups (broad SMARTS) is 1. The van der Waals surface area contributed by atoms with E-state index in [1.807, 2.05) is 37.3 Å². The van der Waals surface area contributed by atoms with E-state index in [4.69, 9.17) is 0 Å². The van der Waals surface area contributed by atoms with Crippen molar-refractivity contribution in [2.75, 3.05) is 11.4 Å². The average Bonchev–Trinajstić information content (AvgIpc) is 2.49. The molecule has 0 amide bonds. The monoisotopic (exact) mass is 287 g/mol. The molecule has 0 aliphatic heterocycles. The maximum Gasteiger partial charge on any atom is 0.323 e. The van der Waals surface area contributed by atoms with Gasteiger partial charge in [-0.15, -0.1) is 0 Å². The highest BCUT2D eigenvalue weighted by Crippen LogP contribution is 2.30. The first-order chi connectivity index (χ1) is 10.1. The lowest BCUT2D eigenvalue weighted by molar-refractivity contribution is -0.135. The number of anilines is 1. The molecule has 1 unspecified atom stereocenters. The number of hydrogen-bond acceptors (Lipinski definition) is 2. The molecule has 0 saturated heterocycles. The van der Waals surface area contributed by atoms with E-state index in [9.17, 15) is 14.3 Å². The summed E-state index contributed by atoms with van der Waals surface area (Å²) in [4.78, 5) is 12.9. The first kappa shape index (κ1) is 15.0. The number of aliphatic carboxylic acids is 1. The summed E-state index contributed by atoms with van der Waals surface area (Å²) in [6.45, 7) is 1.76. The number of nitrogens with zero attached hydrogens (tertiary/aromatic N) is 1. The molecule has 2 aromatic rings. The van der Waals surface area contributed by atoms with Gasteiger partial charge in [0.25, 0.3) is 0 Å². The lowest BCUT2D eigenvalue weighted by atomic mass is 10.0. The molecule has 1 atom stereocenters. The van der Waals surface area contributed by atoms with Gasteiger partial charge in [0.05, 0.1) is 6.04 Å². The molecule has 0 aromatic heterocycles. The van der Waals surface area contributed by atoms with Crippen LogP contribution < -0.4 is 4.90 Å². The third-order valence-electron chi connectivity index (χ3n) is 3.42. The van der Waals surface area contributed by atoms with Crippen LogP contribution in [0.1, 0.15) is 24.9 Å². The van der Waals surface area contributed by atoms with Crippen LogP contribution in [0.5, 0.6) is 0 Å². The molecule has 0 heterocycles. The van der Waals surface area contributed by atoms with E-state index in [0.717, 1.165) is 5.69 Å². The van der Waals surface area contributed by atoms with E-state index in [-0.39, 0.29) is 18.4 Å². The standard InChI is InChI=1S/C17H18FNO2/c1-2-16(14-10-6-7-11-15(14)18)19(12-17(20)21)13-8-4-3-5-9-13/h3-11,16H,2,12H2,1H3,(H,20,21). The molecule has 0 bridgehead atoms. The van der Waals surface area contributed by atoms with Gasteiger partial charge in [-0.25, -0.2) is 4.39 Å². The summed E-state index contributed by atoms with van der Waals surface area (Å²) < 4.78 is 14.1. The third kappa shape index (κ3) is 3.60. The van der Waals surface area contributed by atoms with E-state index >= 15 is 0 Å². The summed E-state index contributed by atoms with van der Waals surface area (Å²) in [5, 5.41) is 9.17. The molecule has 0 radical (unpaired) electrons. The molecular formula is C17H18FNO2. The maximum atomic E-state index is 14.1. The fourth-order valence-corrected chi connectivity index (χ4v) is 2.50. The van der Waals surface area contributed by atoms with Crippen molar-refractivity contribution in [3.8, 4) is 0 Å². The summed E-state index contributed by atoms with van der Waals surface area (Å²) in [5.41, 5.74) is 1.29. The van der Waals surface area contributed by atoms with Crippen molar-refractivity contribution in [3.05, 3.63) is 66.0 Å². The number of para-hydroxylation sites is 1. The Labute approximate surface area is 123 Å². The van der Waals surface area contributed by atoms with Gasteiger partial charge in [-0.05, 0) is 24.6 Å². The Balaban J connectivity index is 2.43. The van der Waals surface area contributed by atoms with Gasteiger partial charge in [-0.2, -0.15) is 0 Å². The highest BCUT2D eigenvalue weighted by Gasteiger charge is 2.23. The molecule has 1 N–H and O–H groups in total. The van der Waals surface area contributed by atoms with Gasteiger partial charge in [0, 0.05) is 11.3 Å². The SMILES string of the molecule is CCC(c1ccccc1F)N(CC(=O)O)c1ccccc1. The predicted octanol–water partition coefficient (Wildman–Crippen LogP) is 3.87. The Morgan fingerprint density at radius 3 is 2.33 bits per heavy atom. The van der Waals surface area contributed by atoms with E-state index in [2.05, 4.69) is 0 Å². The first-order valence-electron chi connectivity index (χ1n) is 6.91. The number of halogens is 1. The molecule has 0 aliphatic rings. The van der Waals surface area contributed by atoms with Crippen molar-refractivity contribution in [1.29, 1.82) is 0 Å². The quantitative estimate of drug-likeness (QED) is 0.876. The molecular weight excluding hydrogens is 269 g/mol. The van der Waals surface area contributed by atoms with Gasteiger partial charge < -0.3 is 10.0 Å². The second-order valence-electron chi connectivity index (χ2n) is 4.80. The Bertz CT molecular complexity index is 601. The Hall–Kier alpha value is -2.36. The number of rotatable bonds is 6. The normalized spacial score (nSPS) is 11.9. The average molecular weight is 287 g/mol. The number of carboxylic acids is 1. The van der Waals surface area contributed by atoms with Crippen LogP contribution in [0.2, 0.25) is 0 Å². The van der Waals surface area contributed by atoms with Gasteiger partial charge in [0.2, 0.25) is 0 Å². The van der Waals surface area contributed by atoms with Crippen LogP contribution >= 0.6 is 0 Å². The van der Waals surface area contributed by atoms with E-state index < -0.39 is 5.97 Å². The molecule has 2 rings (SSSR count). The van der Waals surface area contributed by atoms with Crippen LogP contribution in [-0.4, -0.2) is 17.6 Å². The van der Waals surface area contributed by atoms with Gasteiger partial charge >= 0.3 is 5.97 Å². The van der Waals surface area contributed by atoms with Crippen molar-refractivity contribution in [2.24, 2.45) is 0 Å². The fourth-order valence-electron chi connectivity index (χ4n) is 2.50. The summed E-state index contributed by atoms with van der Waals surface area (Å²) in [6, 6.07) is 15.4. The number of hydrogen-bond donors (Lipinski definition) is 1. The van der Waals surface area contributed by atoms with Crippen LogP contribution in [0.4, 0.5) is 10.1 Å². The van der Waals surface area contributed by atoms with Crippen LogP contribution in [0.15, 0.2) is 54.6 Å². The smallest absolute Gasteiger partial charge is 0.323 e. The third-order valence-corrected chi connectivity index (χ3v) is 3.42. The second-order valence-corrected chi connectivity index (χ2v) is 4.80. The lowest BCUT2D eigenvalue weighted by Crippen LogP contribution is -2.34. The summed E-state index contributed by atoms with van der Waals surface area (Å²) >= 11 is 0. The molecule has 110 valence electrons. The number of benzene rings is 2. The lowest BCUT2D eigenvalue weighted by Gasteiger charge is -2.32. The Morgan fingerprint density at radius 2 is 1.76 bits per heavy atom. The van der Waals surface area contributed by atoms with Crippen LogP contribution in [0, 0.1) is 5.82 Å². The summed E-state index contributed by atoms with van der Waals surface area (Å²) in [6.07, 6.45) is 0.614. The van der Waals surface area contributed by atoms with E-state index in [0.29, 0.717) is 12.0 Å². The molecule has 0 aliphatic carbocycles. The molecule has 3 nitrogen and oxygen atoms in total. The van der Waals surface area contributed by atoms with Gasteiger partial charge in [0.1, 0.15) is 12.4 Å². The highest BCUT2D eigenvalue weighted by atomic mass is 19.1. The zero-order valence-corrected chi connectivity index (χ0v) is 11.9. The highest BCUT2D eigenvalue weighted by molar-refractivity contribution is 5.74. The summed E-state index contributed by atoms with van der Waals surface area (Å²) in [7, 11) is 0. The van der Waals surface area contributed by atoms with Crippen LogP contribution in [-0.2, 0) is 4.79 Å². The van der Waals surface area contributed by atoms with E-state index in [1.54, 1.807) is 23.1 Å². The minimum atomic E-state index is -0.936. The summed E-state index contributed by atoms with van der Waals surface area (Å²) in [5.74, 6) is -1.25. The first-order valence-corrected chi connectivity index (χ1v) is 6.91. The Morgan fingerprint density at radius 1 is 1.14 bits per heavy atom. The minimum Gasteiger partial charge on any atom is -0.480 e. The van der Waals surface area contributed by atoms with E-state index in [1.165, 1.54) is 6.07 Å². The second kappa shape index (κ2) is 6.88. The largest absolute Gasteiger partial charge is 0.480 e. The molecule has 0 spiro atoms. The predicted molar refractivity (Wildman–Crippen MR) is 80.9 cm³/mol. The maximum absolute atomic E-state index is 14.1. The topological polar surface area (TPSA) is 40.5 Å². The van der Waals surface area contributed by atoms with Gasteiger partial charge in [0.15, 0.2) is 0 Å². The minimum absolute atomic E-state index is 0.170. The molecule has 2 aromatic carbocycles. The van der Waals surface area contributed by atoms with Crippen molar-refractivity contribution >= 4 is 11.7 Å². The van der Waals surface area contributed by atoms with Crippen molar-refractivity contribution in [1.82, 2.24) is 0 Å². The zero-order valence-electron chi connectivity index (χ0n) is 11.9. The molecule has 0 fully saturated rings. The fraction of sp³-hybridized carbons (Fsp3) is 0.235.